The van der Waals surface area contributed by atoms with Crippen LogP contribution in [0.15, 0.2) is 24.3 Å². The van der Waals surface area contributed by atoms with E-state index in [2.05, 4.69) is 31.3 Å². The number of hydrogen-bond acceptors (Lipinski definition) is 1. The van der Waals surface area contributed by atoms with Crippen molar-refractivity contribution in [3.05, 3.63) is 34.9 Å². The van der Waals surface area contributed by atoms with Gasteiger partial charge < -0.3 is 5.32 Å². The zero-order chi connectivity index (χ0) is 15.3. The Labute approximate surface area is 136 Å². The van der Waals surface area contributed by atoms with E-state index >= 15 is 0 Å². The van der Waals surface area contributed by atoms with Crippen LogP contribution in [-0.4, -0.2) is 13.1 Å². The smallest absolute Gasteiger partial charge is 0.0406 e. The quantitative estimate of drug-likeness (QED) is 0.455. The van der Waals surface area contributed by atoms with Gasteiger partial charge in [-0.05, 0) is 43.0 Å². The molecule has 0 aliphatic rings. The van der Waals surface area contributed by atoms with Gasteiger partial charge in [0.1, 0.15) is 0 Å². The SMILES string of the molecule is CCCCCCCCC(CNCCC)c1ccc(Cl)cc1. The minimum Gasteiger partial charge on any atom is -0.316 e. The standard InChI is InChI=1S/C19H32ClN/c1-3-5-6-7-8-9-10-18(16-21-15-4-2)17-11-13-19(20)14-12-17/h11-14,18,21H,3-10,15-16H2,1-2H3. The second-order valence-electron chi connectivity index (χ2n) is 6.01. The molecule has 1 rings (SSSR count). The van der Waals surface area contributed by atoms with Gasteiger partial charge in [0.15, 0.2) is 0 Å². The highest BCUT2D eigenvalue weighted by molar-refractivity contribution is 6.30. The van der Waals surface area contributed by atoms with Gasteiger partial charge in [0.2, 0.25) is 0 Å². The second-order valence-corrected chi connectivity index (χ2v) is 6.45. The van der Waals surface area contributed by atoms with E-state index in [1.165, 1.54) is 56.9 Å². The molecule has 0 saturated heterocycles. The van der Waals surface area contributed by atoms with Crippen LogP contribution in [0.4, 0.5) is 0 Å². The van der Waals surface area contributed by atoms with Gasteiger partial charge in [0.05, 0.1) is 0 Å². The summed E-state index contributed by atoms with van der Waals surface area (Å²) in [6.45, 7) is 6.69. The molecule has 1 nitrogen and oxygen atoms in total. The van der Waals surface area contributed by atoms with Crippen LogP contribution in [0.2, 0.25) is 5.02 Å². The molecule has 0 amide bonds. The maximum Gasteiger partial charge on any atom is 0.0406 e. The summed E-state index contributed by atoms with van der Waals surface area (Å²) in [7, 11) is 0. The summed E-state index contributed by atoms with van der Waals surface area (Å²) in [5.41, 5.74) is 1.43. The van der Waals surface area contributed by atoms with Crippen LogP contribution in [-0.2, 0) is 0 Å². The molecule has 1 unspecified atom stereocenters. The highest BCUT2D eigenvalue weighted by Gasteiger charge is 2.10. The van der Waals surface area contributed by atoms with E-state index in [4.69, 9.17) is 11.6 Å². The van der Waals surface area contributed by atoms with E-state index in [0.717, 1.165) is 18.1 Å². The van der Waals surface area contributed by atoms with E-state index < -0.39 is 0 Å². The highest BCUT2D eigenvalue weighted by atomic mass is 35.5. The topological polar surface area (TPSA) is 12.0 Å². The molecule has 0 heterocycles. The zero-order valence-corrected chi connectivity index (χ0v) is 14.6. The van der Waals surface area contributed by atoms with Gasteiger partial charge in [0, 0.05) is 11.6 Å². The third-order valence-electron chi connectivity index (χ3n) is 4.07. The predicted molar refractivity (Wildman–Crippen MR) is 95.3 cm³/mol. The fourth-order valence-corrected chi connectivity index (χ4v) is 2.87. The number of rotatable bonds is 12. The van der Waals surface area contributed by atoms with E-state index in [9.17, 15) is 0 Å². The maximum atomic E-state index is 6.00. The van der Waals surface area contributed by atoms with Crippen LogP contribution in [0.5, 0.6) is 0 Å². The van der Waals surface area contributed by atoms with Crippen LogP contribution in [0, 0.1) is 0 Å². The van der Waals surface area contributed by atoms with Crippen molar-refractivity contribution in [1.82, 2.24) is 5.32 Å². The zero-order valence-electron chi connectivity index (χ0n) is 13.8. The van der Waals surface area contributed by atoms with Gasteiger partial charge in [0.25, 0.3) is 0 Å². The first-order valence-electron chi connectivity index (χ1n) is 8.74. The number of benzene rings is 1. The minimum atomic E-state index is 0.625. The molecule has 1 N–H and O–H groups in total. The first-order chi connectivity index (χ1) is 10.3. The van der Waals surface area contributed by atoms with Crippen molar-refractivity contribution in [2.24, 2.45) is 0 Å². The summed E-state index contributed by atoms with van der Waals surface area (Å²) < 4.78 is 0. The first kappa shape index (κ1) is 18.5. The number of unbranched alkanes of at least 4 members (excludes halogenated alkanes) is 5. The van der Waals surface area contributed by atoms with E-state index in [1.807, 2.05) is 12.1 Å². The molecular weight excluding hydrogens is 278 g/mol. The summed E-state index contributed by atoms with van der Waals surface area (Å²) in [6.07, 6.45) is 10.7. The van der Waals surface area contributed by atoms with Crippen LogP contribution >= 0.6 is 11.6 Å². The van der Waals surface area contributed by atoms with Crippen molar-refractivity contribution >= 4 is 11.6 Å². The Morgan fingerprint density at radius 2 is 1.57 bits per heavy atom. The Balaban J connectivity index is 2.39. The molecule has 1 aromatic rings. The largest absolute Gasteiger partial charge is 0.316 e. The average molecular weight is 310 g/mol. The van der Waals surface area contributed by atoms with E-state index in [-0.39, 0.29) is 0 Å². The first-order valence-corrected chi connectivity index (χ1v) is 9.11. The lowest BCUT2D eigenvalue weighted by molar-refractivity contribution is 0.506. The van der Waals surface area contributed by atoms with Crippen molar-refractivity contribution in [3.8, 4) is 0 Å². The average Bonchev–Trinajstić information content (AvgIpc) is 2.50. The van der Waals surface area contributed by atoms with Crippen LogP contribution in [0.25, 0.3) is 0 Å². The predicted octanol–water partition coefficient (Wildman–Crippen LogP) is 6.17. The molecule has 0 aliphatic heterocycles. The normalized spacial score (nSPS) is 12.5. The molecule has 0 fully saturated rings. The Hall–Kier alpha value is -0.530. The summed E-state index contributed by atoms with van der Waals surface area (Å²) >= 11 is 6.00. The lowest BCUT2D eigenvalue weighted by Gasteiger charge is -2.18. The third kappa shape index (κ3) is 8.48. The molecule has 0 aromatic heterocycles. The Morgan fingerprint density at radius 1 is 0.905 bits per heavy atom. The molecule has 1 atom stereocenters. The lowest BCUT2D eigenvalue weighted by Crippen LogP contribution is -2.22. The molecule has 0 bridgehead atoms. The molecule has 0 aliphatic carbocycles. The van der Waals surface area contributed by atoms with E-state index in [0.29, 0.717) is 5.92 Å². The van der Waals surface area contributed by atoms with Gasteiger partial charge in [-0.3, -0.25) is 0 Å². The third-order valence-corrected chi connectivity index (χ3v) is 4.32. The van der Waals surface area contributed by atoms with Crippen molar-refractivity contribution in [3.63, 3.8) is 0 Å². The Kier molecular flexibility index (Phi) is 10.6. The summed E-state index contributed by atoms with van der Waals surface area (Å²) in [4.78, 5) is 0. The summed E-state index contributed by atoms with van der Waals surface area (Å²) in [5, 5.41) is 4.41. The fourth-order valence-electron chi connectivity index (χ4n) is 2.75. The van der Waals surface area contributed by atoms with Crippen molar-refractivity contribution in [2.45, 2.75) is 71.1 Å². The molecule has 0 saturated carbocycles. The second kappa shape index (κ2) is 12.1. The lowest BCUT2D eigenvalue weighted by atomic mass is 9.92. The van der Waals surface area contributed by atoms with E-state index in [1.54, 1.807) is 0 Å². The molecular formula is C19H32ClN. The van der Waals surface area contributed by atoms with Gasteiger partial charge in [-0.1, -0.05) is 76.1 Å². The minimum absolute atomic E-state index is 0.625. The Morgan fingerprint density at radius 3 is 2.24 bits per heavy atom. The van der Waals surface area contributed by atoms with Crippen molar-refractivity contribution in [2.75, 3.05) is 13.1 Å². The van der Waals surface area contributed by atoms with Gasteiger partial charge in [-0.2, -0.15) is 0 Å². The number of nitrogens with one attached hydrogen (secondary N) is 1. The molecule has 21 heavy (non-hydrogen) atoms. The van der Waals surface area contributed by atoms with Gasteiger partial charge >= 0.3 is 0 Å². The van der Waals surface area contributed by atoms with Crippen molar-refractivity contribution < 1.29 is 0 Å². The van der Waals surface area contributed by atoms with Crippen LogP contribution < -0.4 is 5.32 Å². The molecule has 0 spiro atoms. The molecule has 0 radical (unpaired) electrons. The number of halogens is 1. The van der Waals surface area contributed by atoms with Gasteiger partial charge in [-0.15, -0.1) is 0 Å². The van der Waals surface area contributed by atoms with Gasteiger partial charge in [-0.25, -0.2) is 0 Å². The summed E-state index contributed by atoms with van der Waals surface area (Å²) in [5.74, 6) is 0.625. The maximum absolute atomic E-state index is 6.00. The van der Waals surface area contributed by atoms with Crippen LogP contribution in [0.3, 0.4) is 0 Å². The highest BCUT2D eigenvalue weighted by Crippen LogP contribution is 2.24. The molecule has 120 valence electrons. The van der Waals surface area contributed by atoms with Crippen LogP contribution in [0.1, 0.15) is 76.7 Å². The monoisotopic (exact) mass is 309 g/mol. The fraction of sp³-hybridized carbons (Fsp3) is 0.684. The Bertz CT molecular complexity index is 347. The molecule has 1 aromatic carbocycles. The summed E-state index contributed by atoms with van der Waals surface area (Å²) in [6, 6.07) is 8.42. The molecule has 2 heteroatoms. The number of hydrogen-bond donors (Lipinski definition) is 1. The van der Waals surface area contributed by atoms with Crippen molar-refractivity contribution in [1.29, 1.82) is 0 Å².